The second kappa shape index (κ2) is 25.4. The second-order valence-corrected chi connectivity index (χ2v) is 29.1. The quantitative estimate of drug-likeness (QED) is 0.136. The first-order valence-corrected chi connectivity index (χ1v) is 31.2. The summed E-state index contributed by atoms with van der Waals surface area (Å²) in [4.78, 5) is 31.3. The SMILES string of the molecule is CC(C)(C)c1cc2cc(c1O)C=N[C@H]1CCCC[C@@H]1N=Cc1cc(cc(C(C)(C)C)c1O)CN1CCCN(CC1)Cc1cc(c(O)c(C(C)(C)C)c1)C=N[C@H]1CCCC[C@@H]1N=Cc1cc(cc(C(C)(C)C)c1O)CN1CCCN(CC1)C2. The minimum atomic E-state index is -0.279. The molecule has 0 aromatic heterocycles. The average molecular weight is 1120 g/mol. The van der Waals surface area contributed by atoms with E-state index < -0.39 is 0 Å². The summed E-state index contributed by atoms with van der Waals surface area (Å²) < 4.78 is 0. The lowest BCUT2D eigenvalue weighted by atomic mass is 9.84. The first-order chi connectivity index (χ1) is 38.8. The Bertz CT molecular complexity index is 2600. The molecule has 2 saturated carbocycles. The van der Waals surface area contributed by atoms with Gasteiger partial charge in [-0.1, -0.05) is 133 Å². The minimum Gasteiger partial charge on any atom is -0.507 e. The molecule has 3 aliphatic heterocycles. The number of hydrogen-bond acceptors (Lipinski definition) is 12. The smallest absolute Gasteiger partial charge is 0.128 e. The molecule has 0 radical (unpaired) electrons. The van der Waals surface area contributed by atoms with Crippen molar-refractivity contribution in [3.63, 3.8) is 0 Å². The monoisotopic (exact) mass is 1120 g/mol. The lowest BCUT2D eigenvalue weighted by Gasteiger charge is -2.27. The fraction of sp³-hybridized carbons (Fsp3) is 0.600. The average Bonchev–Trinajstić information content (AvgIpc) is 3.87. The summed E-state index contributed by atoms with van der Waals surface area (Å²) in [7, 11) is 0. The van der Waals surface area contributed by atoms with Gasteiger partial charge < -0.3 is 20.4 Å². The number of fused-ring (bicyclic) bond motifs is 16. The van der Waals surface area contributed by atoms with Gasteiger partial charge in [-0.25, -0.2) is 0 Å². The van der Waals surface area contributed by atoms with Crippen LogP contribution in [0.15, 0.2) is 68.5 Å². The van der Waals surface area contributed by atoms with Gasteiger partial charge in [-0.3, -0.25) is 39.6 Å². The van der Waals surface area contributed by atoms with Crippen molar-refractivity contribution in [3.8, 4) is 23.0 Å². The van der Waals surface area contributed by atoms with Crippen molar-refractivity contribution in [1.82, 2.24) is 19.6 Å². The van der Waals surface area contributed by atoms with Crippen LogP contribution in [0.5, 0.6) is 23.0 Å². The van der Waals surface area contributed by atoms with E-state index in [4.69, 9.17) is 20.0 Å². The highest BCUT2D eigenvalue weighted by Crippen LogP contribution is 2.40. The summed E-state index contributed by atoms with van der Waals surface area (Å²) in [6.07, 6.45) is 17.7. The van der Waals surface area contributed by atoms with Crippen molar-refractivity contribution < 1.29 is 20.4 Å². The van der Waals surface area contributed by atoms with Gasteiger partial charge in [0.25, 0.3) is 0 Å². The fourth-order valence-corrected chi connectivity index (χ4v) is 13.2. The van der Waals surface area contributed by atoms with E-state index in [-0.39, 0.29) is 45.8 Å². The maximum Gasteiger partial charge on any atom is 0.128 e. The largest absolute Gasteiger partial charge is 0.507 e. The zero-order chi connectivity index (χ0) is 58.7. The molecule has 12 heteroatoms. The van der Waals surface area contributed by atoms with Crippen LogP contribution < -0.4 is 0 Å². The van der Waals surface area contributed by atoms with Gasteiger partial charge in [0.15, 0.2) is 0 Å². The Balaban J connectivity index is 1.07. The van der Waals surface area contributed by atoms with E-state index in [2.05, 4.69) is 151 Å². The molecule has 9 rings (SSSR count). The standard InChI is InChI=1S/C70H100N8O4/c1-67(2,3)55-35-47-31-51(63(55)79)39-71-59-19-13-14-20-60(59)72-40-52-33-49(37-57(64(52)80)69(7,8)9)45-77-25-18-26-78(30-29-77)46-50-34-54(66(82)58(38-50)70(10,11)12)42-74-62-22-16-15-21-61(62)73-41-53-32-48(36-56(65(53)81)68(4,5)6)44-76-24-17-23-75(43-47)27-28-76/h31-42,59-62,79-82H,13-30,43-46H2,1-12H3/t59-,60-,61-,62-/m0/s1. The van der Waals surface area contributed by atoms with Gasteiger partial charge >= 0.3 is 0 Å². The third kappa shape index (κ3) is 15.3. The Morgan fingerprint density at radius 2 is 0.512 bits per heavy atom. The Labute approximate surface area is 492 Å². The number of phenolic OH excluding ortho intramolecular Hbond substituents is 4. The first-order valence-electron chi connectivity index (χ1n) is 31.2. The van der Waals surface area contributed by atoms with Crippen LogP contribution in [0.4, 0.5) is 0 Å². The summed E-state index contributed by atoms with van der Waals surface area (Å²) in [5.74, 6) is 1.19. The van der Waals surface area contributed by atoms with E-state index in [9.17, 15) is 20.4 Å². The van der Waals surface area contributed by atoms with Crippen molar-refractivity contribution in [2.75, 3.05) is 52.4 Å². The minimum absolute atomic E-state index is 0.0472. The lowest BCUT2D eigenvalue weighted by Crippen LogP contribution is -2.30. The molecule has 4 aromatic rings. The number of rotatable bonds is 0. The third-order valence-electron chi connectivity index (χ3n) is 18.0. The van der Waals surface area contributed by atoms with E-state index in [0.29, 0.717) is 23.0 Å². The van der Waals surface area contributed by atoms with Gasteiger partial charge in [-0.2, -0.15) is 0 Å². The van der Waals surface area contributed by atoms with Crippen LogP contribution in [0.1, 0.15) is 214 Å². The molecule has 4 unspecified atom stereocenters. The van der Waals surface area contributed by atoms with Crippen LogP contribution in [0.3, 0.4) is 0 Å². The van der Waals surface area contributed by atoms with Gasteiger partial charge in [-0.05, 0) is 133 Å². The molecule has 0 spiro atoms. The molecule has 8 atom stereocenters. The summed E-state index contributed by atoms with van der Waals surface area (Å²) in [6.45, 7) is 36.6. The number of nitrogens with zero attached hydrogens (tertiary/aromatic N) is 8. The summed E-state index contributed by atoms with van der Waals surface area (Å²) >= 11 is 0. The van der Waals surface area contributed by atoms with Gasteiger partial charge in [-0.15, -0.1) is 0 Å². The molecule has 2 saturated heterocycles. The van der Waals surface area contributed by atoms with Crippen LogP contribution in [-0.4, -0.2) is 141 Å². The van der Waals surface area contributed by atoms with Gasteiger partial charge in [0.05, 0.1) is 24.2 Å². The molecule has 0 amide bonds. The van der Waals surface area contributed by atoms with E-state index in [1.54, 1.807) is 0 Å². The Morgan fingerprint density at radius 1 is 0.305 bits per heavy atom. The highest BCUT2D eigenvalue weighted by atomic mass is 16.3. The van der Waals surface area contributed by atoms with Gasteiger partial charge in [0, 0.05) is 122 Å². The Kier molecular flexibility index (Phi) is 19.0. The molecule has 82 heavy (non-hydrogen) atoms. The van der Waals surface area contributed by atoms with Gasteiger partial charge in [0.2, 0.25) is 0 Å². The van der Waals surface area contributed by atoms with Crippen molar-refractivity contribution in [1.29, 1.82) is 0 Å². The van der Waals surface area contributed by atoms with Crippen molar-refractivity contribution >= 4 is 24.9 Å². The molecule has 4 aromatic carbocycles. The third-order valence-corrected chi connectivity index (χ3v) is 18.0. The molecular weight excluding hydrogens is 1020 g/mol. The van der Waals surface area contributed by atoms with Crippen LogP contribution >= 0.6 is 0 Å². The Morgan fingerprint density at radius 3 is 0.707 bits per heavy atom. The van der Waals surface area contributed by atoms with Crippen molar-refractivity contribution in [2.24, 2.45) is 20.0 Å². The first kappa shape index (κ1) is 61.2. The maximum absolute atomic E-state index is 11.9. The highest BCUT2D eigenvalue weighted by molar-refractivity contribution is 5.87. The summed E-state index contributed by atoms with van der Waals surface area (Å²) in [5.41, 5.74) is 10.3. The fourth-order valence-electron chi connectivity index (χ4n) is 13.2. The number of aromatic hydroxyl groups is 4. The van der Waals surface area contributed by atoms with Crippen LogP contribution in [0.2, 0.25) is 0 Å². The zero-order valence-corrected chi connectivity index (χ0v) is 52.2. The summed E-state index contributed by atoms with van der Waals surface area (Å²) in [5, 5.41) is 47.8. The maximum atomic E-state index is 11.9. The molecule has 5 aliphatic rings. The van der Waals surface area contributed by atoms with E-state index >= 15 is 0 Å². The van der Waals surface area contributed by atoms with Crippen molar-refractivity contribution in [3.05, 3.63) is 115 Å². The second-order valence-electron chi connectivity index (χ2n) is 29.1. The van der Waals surface area contributed by atoms with Crippen LogP contribution in [0, 0.1) is 0 Å². The number of phenols is 4. The highest BCUT2D eigenvalue weighted by Gasteiger charge is 2.30. The topological polar surface area (TPSA) is 143 Å². The van der Waals surface area contributed by atoms with Gasteiger partial charge in [0.1, 0.15) is 23.0 Å². The predicted octanol–water partition coefficient (Wildman–Crippen LogP) is 13.1. The number of aliphatic imine (C=N–C) groups is 4. The van der Waals surface area contributed by atoms with E-state index in [1.807, 2.05) is 24.9 Å². The molecule has 12 bridgehead atoms. The normalized spacial score (nSPS) is 25.7. The molecule has 4 fully saturated rings. The summed E-state index contributed by atoms with van der Waals surface area (Å²) in [6, 6.07) is 17.2. The number of benzene rings is 4. The Hall–Kier alpha value is -5.40. The van der Waals surface area contributed by atoms with Crippen LogP contribution in [-0.2, 0) is 47.8 Å². The molecule has 3 heterocycles. The predicted molar refractivity (Wildman–Crippen MR) is 340 cm³/mol. The molecule has 4 N–H and O–H groups in total. The molecule has 12 nitrogen and oxygen atoms in total. The molecule has 2 aliphatic carbocycles. The number of hydrogen-bond donors (Lipinski definition) is 4. The zero-order valence-electron chi connectivity index (χ0n) is 52.2. The van der Waals surface area contributed by atoms with Crippen LogP contribution in [0.25, 0.3) is 0 Å². The van der Waals surface area contributed by atoms with E-state index in [1.165, 1.54) is 22.3 Å². The van der Waals surface area contributed by atoms with E-state index in [0.717, 1.165) is 187 Å². The lowest BCUT2D eigenvalue weighted by molar-refractivity contribution is 0.247. The molecule has 444 valence electrons. The van der Waals surface area contributed by atoms with Crippen molar-refractivity contribution in [2.45, 2.75) is 219 Å². The molecular formula is C70H100N8O4.